The van der Waals surface area contributed by atoms with Crippen molar-refractivity contribution in [1.82, 2.24) is 4.90 Å². The van der Waals surface area contributed by atoms with Gasteiger partial charge in [-0.25, -0.2) is 0 Å². The van der Waals surface area contributed by atoms with Crippen molar-refractivity contribution in [3.05, 3.63) is 64.7 Å². The van der Waals surface area contributed by atoms with Crippen LogP contribution in [0.5, 0.6) is 5.75 Å². The Hall–Kier alpha value is -1.80. The molecule has 2 heteroatoms. The molecule has 2 aromatic carbocycles. The molecule has 1 saturated heterocycles. The highest BCUT2D eigenvalue weighted by atomic mass is 16.5. The Kier molecular flexibility index (Phi) is 3.23. The molecule has 0 N–H and O–H groups in total. The molecule has 1 aliphatic heterocycles. The lowest BCUT2D eigenvalue weighted by molar-refractivity contribution is 0.209. The molecule has 0 amide bonds. The number of ether oxygens (including phenoxy) is 1. The van der Waals surface area contributed by atoms with Gasteiger partial charge in [0.2, 0.25) is 0 Å². The first kappa shape index (κ1) is 13.8. The summed E-state index contributed by atoms with van der Waals surface area (Å²) in [6.07, 6.45) is 3.38. The molecule has 1 aliphatic carbocycles. The normalized spacial score (nSPS) is 19.5. The minimum atomic E-state index is 0.172. The predicted octanol–water partition coefficient (Wildman–Crippen LogP) is 3.61. The summed E-state index contributed by atoms with van der Waals surface area (Å²) in [5.41, 5.74) is 6.09. The van der Waals surface area contributed by atoms with E-state index in [2.05, 4.69) is 54.4 Å². The molecule has 0 atom stereocenters. The van der Waals surface area contributed by atoms with Crippen LogP contribution in [0.2, 0.25) is 0 Å². The molecule has 0 saturated carbocycles. The van der Waals surface area contributed by atoms with Gasteiger partial charge in [0.1, 0.15) is 5.75 Å². The topological polar surface area (TPSA) is 12.5 Å². The summed E-state index contributed by atoms with van der Waals surface area (Å²) in [6.45, 7) is 2.32. The number of piperidine rings is 1. The molecule has 114 valence electrons. The molecule has 1 heterocycles. The van der Waals surface area contributed by atoms with Gasteiger partial charge < -0.3 is 9.64 Å². The molecular weight excluding hydrogens is 270 g/mol. The van der Waals surface area contributed by atoms with Crippen LogP contribution >= 0.6 is 0 Å². The number of hydrogen-bond acceptors (Lipinski definition) is 2. The lowest BCUT2D eigenvalue weighted by Crippen LogP contribution is -2.44. The second-order valence-corrected chi connectivity index (χ2v) is 6.71. The minimum Gasteiger partial charge on any atom is -0.496 e. The van der Waals surface area contributed by atoms with Gasteiger partial charge in [-0.3, -0.25) is 0 Å². The van der Waals surface area contributed by atoms with Crippen molar-refractivity contribution >= 4 is 0 Å². The van der Waals surface area contributed by atoms with Gasteiger partial charge in [0.05, 0.1) is 7.11 Å². The monoisotopic (exact) mass is 293 g/mol. The third-order valence-corrected chi connectivity index (χ3v) is 5.61. The molecule has 0 aromatic heterocycles. The Bertz CT molecular complexity index is 699. The Labute approximate surface area is 132 Å². The van der Waals surface area contributed by atoms with Crippen molar-refractivity contribution < 1.29 is 4.74 Å². The first-order valence-electron chi connectivity index (χ1n) is 8.18. The maximum Gasteiger partial charge on any atom is 0.122 e. The van der Waals surface area contributed by atoms with Crippen molar-refractivity contribution in [3.8, 4) is 5.75 Å². The van der Waals surface area contributed by atoms with E-state index in [-0.39, 0.29) is 5.41 Å². The lowest BCUT2D eigenvalue weighted by Gasteiger charge is -2.46. The number of rotatable bonds is 1. The van der Waals surface area contributed by atoms with Gasteiger partial charge in [-0.05, 0) is 55.7 Å². The molecule has 1 spiro atoms. The maximum absolute atomic E-state index is 5.67. The SMILES string of the molecule is COc1cccc2c1Cc1ccccc1C21CCN(C)CC1. The van der Waals surface area contributed by atoms with Gasteiger partial charge in [-0.15, -0.1) is 0 Å². The summed E-state index contributed by atoms with van der Waals surface area (Å²) in [5, 5.41) is 0. The highest BCUT2D eigenvalue weighted by Gasteiger charge is 2.42. The van der Waals surface area contributed by atoms with Gasteiger partial charge in [0, 0.05) is 17.4 Å². The molecule has 0 unspecified atom stereocenters. The molecule has 0 radical (unpaired) electrons. The maximum atomic E-state index is 5.67. The largest absolute Gasteiger partial charge is 0.496 e. The number of fused-ring (bicyclic) bond motifs is 4. The fourth-order valence-electron chi connectivity index (χ4n) is 4.40. The summed E-state index contributed by atoms with van der Waals surface area (Å²) >= 11 is 0. The second kappa shape index (κ2) is 5.13. The first-order chi connectivity index (χ1) is 10.7. The van der Waals surface area contributed by atoms with E-state index in [4.69, 9.17) is 4.74 Å². The van der Waals surface area contributed by atoms with Gasteiger partial charge in [0.15, 0.2) is 0 Å². The zero-order valence-electron chi connectivity index (χ0n) is 13.4. The Morgan fingerprint density at radius 3 is 2.45 bits per heavy atom. The van der Waals surface area contributed by atoms with Gasteiger partial charge in [-0.2, -0.15) is 0 Å². The first-order valence-corrected chi connectivity index (χ1v) is 8.18. The van der Waals surface area contributed by atoms with E-state index in [0.29, 0.717) is 0 Å². The van der Waals surface area contributed by atoms with Crippen molar-refractivity contribution in [1.29, 1.82) is 0 Å². The predicted molar refractivity (Wildman–Crippen MR) is 89.8 cm³/mol. The molecule has 4 rings (SSSR count). The fourth-order valence-corrected chi connectivity index (χ4v) is 4.40. The van der Waals surface area contributed by atoms with Crippen LogP contribution in [0.25, 0.3) is 0 Å². The third kappa shape index (κ3) is 1.90. The lowest BCUT2D eigenvalue weighted by atomic mass is 9.62. The van der Waals surface area contributed by atoms with Crippen LogP contribution in [0.15, 0.2) is 42.5 Å². The average molecular weight is 293 g/mol. The van der Waals surface area contributed by atoms with Gasteiger partial charge in [0.25, 0.3) is 0 Å². The van der Waals surface area contributed by atoms with Crippen LogP contribution in [0, 0.1) is 0 Å². The van der Waals surface area contributed by atoms with E-state index in [1.165, 1.54) is 29.5 Å². The molecule has 22 heavy (non-hydrogen) atoms. The molecule has 1 fully saturated rings. The summed E-state index contributed by atoms with van der Waals surface area (Å²) in [5.74, 6) is 1.05. The number of likely N-dealkylation sites (tertiary alicyclic amines) is 1. The van der Waals surface area contributed by atoms with E-state index < -0.39 is 0 Å². The van der Waals surface area contributed by atoms with Crippen molar-refractivity contribution in [2.75, 3.05) is 27.2 Å². The minimum absolute atomic E-state index is 0.172. The number of nitrogens with zero attached hydrogens (tertiary/aromatic N) is 1. The fraction of sp³-hybridized carbons (Fsp3) is 0.400. The van der Waals surface area contributed by atoms with Crippen LogP contribution in [-0.2, 0) is 11.8 Å². The average Bonchev–Trinajstić information content (AvgIpc) is 2.57. The van der Waals surface area contributed by atoms with E-state index in [1.54, 1.807) is 12.7 Å². The quantitative estimate of drug-likeness (QED) is 0.796. The summed E-state index contributed by atoms with van der Waals surface area (Å²) in [4.78, 5) is 2.45. The zero-order valence-corrected chi connectivity index (χ0v) is 13.4. The van der Waals surface area contributed by atoms with Crippen LogP contribution < -0.4 is 4.74 Å². The summed E-state index contributed by atoms with van der Waals surface area (Å²) < 4.78 is 5.67. The van der Waals surface area contributed by atoms with Crippen molar-refractivity contribution in [2.45, 2.75) is 24.7 Å². The zero-order chi connectivity index (χ0) is 15.2. The molecule has 2 nitrogen and oxygen atoms in total. The number of methoxy groups -OCH3 is 1. The van der Waals surface area contributed by atoms with Crippen molar-refractivity contribution in [2.24, 2.45) is 0 Å². The summed E-state index contributed by atoms with van der Waals surface area (Å²) in [6, 6.07) is 15.6. The Morgan fingerprint density at radius 2 is 1.68 bits per heavy atom. The smallest absolute Gasteiger partial charge is 0.122 e. The Morgan fingerprint density at radius 1 is 0.955 bits per heavy atom. The van der Waals surface area contributed by atoms with Crippen LogP contribution in [-0.4, -0.2) is 32.1 Å². The van der Waals surface area contributed by atoms with E-state index in [0.717, 1.165) is 25.3 Å². The standard InChI is InChI=1S/C20H23NO/c1-21-12-10-20(11-13-21)17-7-4-3-6-15(17)14-16-18(20)8-5-9-19(16)22-2/h3-9H,10-14H2,1-2H3. The molecule has 0 bridgehead atoms. The molecule has 2 aliphatic rings. The third-order valence-electron chi connectivity index (χ3n) is 5.61. The van der Waals surface area contributed by atoms with Crippen LogP contribution in [0.3, 0.4) is 0 Å². The second-order valence-electron chi connectivity index (χ2n) is 6.71. The van der Waals surface area contributed by atoms with Gasteiger partial charge in [-0.1, -0.05) is 36.4 Å². The number of benzene rings is 2. The molecule has 2 aromatic rings. The van der Waals surface area contributed by atoms with E-state index in [1.807, 2.05) is 0 Å². The van der Waals surface area contributed by atoms with E-state index >= 15 is 0 Å². The van der Waals surface area contributed by atoms with Crippen molar-refractivity contribution in [3.63, 3.8) is 0 Å². The highest BCUT2D eigenvalue weighted by Crippen LogP contribution is 2.49. The number of hydrogen-bond donors (Lipinski definition) is 0. The Balaban J connectivity index is 1.94. The molecular formula is C20H23NO. The van der Waals surface area contributed by atoms with Crippen LogP contribution in [0.1, 0.15) is 35.1 Å². The van der Waals surface area contributed by atoms with Crippen LogP contribution in [0.4, 0.5) is 0 Å². The van der Waals surface area contributed by atoms with E-state index in [9.17, 15) is 0 Å². The summed E-state index contributed by atoms with van der Waals surface area (Å²) in [7, 11) is 4.02. The highest BCUT2D eigenvalue weighted by molar-refractivity contribution is 5.58. The van der Waals surface area contributed by atoms with Gasteiger partial charge >= 0.3 is 0 Å².